The number of pyridine rings is 1. The molecular weight excluding hydrogens is 234 g/mol. The lowest BCUT2D eigenvalue weighted by Crippen LogP contribution is -2.18. The highest BCUT2D eigenvalue weighted by Crippen LogP contribution is 2.23. The van der Waals surface area contributed by atoms with Crippen molar-refractivity contribution in [3.05, 3.63) is 48.8 Å². The molecule has 0 aliphatic heterocycles. The average molecular weight is 245 g/mol. The van der Waals surface area contributed by atoms with Crippen LogP contribution in [0.3, 0.4) is 0 Å². The summed E-state index contributed by atoms with van der Waals surface area (Å²) in [5.41, 5.74) is 6.19. The summed E-state index contributed by atoms with van der Waals surface area (Å²) in [6.07, 6.45) is 3.34. The van der Waals surface area contributed by atoms with Crippen molar-refractivity contribution in [2.24, 2.45) is 5.73 Å². The van der Waals surface area contributed by atoms with Crippen LogP contribution in [0.5, 0.6) is 11.5 Å². The first kappa shape index (κ1) is 11.3. The predicted octanol–water partition coefficient (Wildman–Crippen LogP) is 2.53. The van der Waals surface area contributed by atoms with E-state index in [1.165, 1.54) is 0 Å². The van der Waals surface area contributed by atoms with Crippen LogP contribution in [-0.4, -0.2) is 10.1 Å². The van der Waals surface area contributed by atoms with Crippen molar-refractivity contribution in [1.29, 1.82) is 0 Å². The Bertz CT molecular complexity index is 516. The van der Waals surface area contributed by atoms with Crippen LogP contribution in [0.25, 0.3) is 0 Å². The number of nitrogens with one attached hydrogen (secondary N) is 1. The van der Waals surface area contributed by atoms with Gasteiger partial charge >= 0.3 is 0 Å². The largest absolute Gasteiger partial charge is 0.456 e. The van der Waals surface area contributed by atoms with Gasteiger partial charge in [-0.15, -0.1) is 0 Å². The molecule has 17 heavy (non-hydrogen) atoms. The van der Waals surface area contributed by atoms with Gasteiger partial charge in [0.1, 0.15) is 11.5 Å². The molecule has 0 fully saturated rings. The maximum absolute atomic E-state index is 5.61. The van der Waals surface area contributed by atoms with Gasteiger partial charge in [0.2, 0.25) is 0 Å². The second-order valence-corrected chi connectivity index (χ2v) is 3.75. The Balaban J connectivity index is 2.14. The first-order valence-electron chi connectivity index (χ1n) is 4.98. The number of benzene rings is 1. The van der Waals surface area contributed by atoms with Gasteiger partial charge in [0.15, 0.2) is 5.11 Å². The van der Waals surface area contributed by atoms with Crippen molar-refractivity contribution in [3.63, 3.8) is 0 Å². The minimum absolute atomic E-state index is 0.225. The topological polar surface area (TPSA) is 60.2 Å². The summed E-state index contributed by atoms with van der Waals surface area (Å²) >= 11 is 4.77. The summed E-state index contributed by atoms with van der Waals surface area (Å²) in [7, 11) is 0. The molecule has 2 rings (SSSR count). The predicted molar refractivity (Wildman–Crippen MR) is 71.2 cm³/mol. The third kappa shape index (κ3) is 3.42. The fourth-order valence-electron chi connectivity index (χ4n) is 1.32. The second-order valence-electron chi connectivity index (χ2n) is 3.31. The van der Waals surface area contributed by atoms with Gasteiger partial charge in [-0.25, -0.2) is 0 Å². The number of anilines is 1. The van der Waals surface area contributed by atoms with Crippen molar-refractivity contribution in [2.45, 2.75) is 0 Å². The number of thiocarbonyl (C=S) groups is 1. The van der Waals surface area contributed by atoms with E-state index in [0.717, 1.165) is 5.69 Å². The minimum Gasteiger partial charge on any atom is -0.456 e. The molecule has 0 radical (unpaired) electrons. The number of nitrogens with two attached hydrogens (primary N) is 1. The van der Waals surface area contributed by atoms with Crippen LogP contribution in [0, 0.1) is 0 Å². The van der Waals surface area contributed by atoms with Gasteiger partial charge in [-0.2, -0.15) is 0 Å². The van der Waals surface area contributed by atoms with E-state index in [-0.39, 0.29) is 5.11 Å². The summed E-state index contributed by atoms with van der Waals surface area (Å²) in [6.45, 7) is 0. The first-order chi connectivity index (χ1) is 8.24. The molecule has 1 aromatic carbocycles. The Hall–Kier alpha value is -2.14. The lowest BCUT2D eigenvalue weighted by atomic mass is 10.3. The van der Waals surface area contributed by atoms with Gasteiger partial charge in [0.05, 0.1) is 6.20 Å². The Morgan fingerprint density at radius 3 is 2.76 bits per heavy atom. The highest BCUT2D eigenvalue weighted by Gasteiger charge is 1.99. The molecule has 0 bridgehead atoms. The molecule has 2 aromatic rings. The number of rotatable bonds is 3. The van der Waals surface area contributed by atoms with Crippen LogP contribution >= 0.6 is 12.2 Å². The zero-order valence-electron chi connectivity index (χ0n) is 8.96. The minimum atomic E-state index is 0.225. The summed E-state index contributed by atoms with van der Waals surface area (Å²) in [6, 6.07) is 11.0. The van der Waals surface area contributed by atoms with E-state index in [0.29, 0.717) is 11.5 Å². The molecule has 4 nitrogen and oxygen atoms in total. The SMILES string of the molecule is NC(=S)Nc1cccc(Oc2cccnc2)c1. The summed E-state index contributed by atoms with van der Waals surface area (Å²) in [5.74, 6) is 1.37. The molecule has 86 valence electrons. The average Bonchev–Trinajstić information content (AvgIpc) is 2.30. The fourth-order valence-corrected chi connectivity index (χ4v) is 1.44. The third-order valence-electron chi connectivity index (χ3n) is 1.97. The van der Waals surface area contributed by atoms with Gasteiger partial charge < -0.3 is 15.8 Å². The molecule has 0 saturated heterocycles. The molecule has 0 spiro atoms. The van der Waals surface area contributed by atoms with Crippen LogP contribution < -0.4 is 15.8 Å². The van der Waals surface area contributed by atoms with Crippen LogP contribution in [-0.2, 0) is 0 Å². The monoisotopic (exact) mass is 245 g/mol. The van der Waals surface area contributed by atoms with E-state index in [1.54, 1.807) is 12.4 Å². The Morgan fingerprint density at radius 1 is 1.24 bits per heavy atom. The fraction of sp³-hybridized carbons (Fsp3) is 0. The maximum Gasteiger partial charge on any atom is 0.168 e. The molecule has 0 amide bonds. The highest BCUT2D eigenvalue weighted by atomic mass is 32.1. The molecule has 1 aromatic heterocycles. The molecule has 1 heterocycles. The van der Waals surface area contributed by atoms with Crippen LogP contribution in [0.4, 0.5) is 5.69 Å². The van der Waals surface area contributed by atoms with Crippen LogP contribution in [0.1, 0.15) is 0 Å². The molecule has 0 saturated carbocycles. The van der Waals surface area contributed by atoms with E-state index in [2.05, 4.69) is 10.3 Å². The van der Waals surface area contributed by atoms with Crippen molar-refractivity contribution in [3.8, 4) is 11.5 Å². The summed E-state index contributed by atoms with van der Waals surface area (Å²) in [4.78, 5) is 3.97. The zero-order chi connectivity index (χ0) is 12.1. The Kier molecular flexibility index (Phi) is 3.52. The molecule has 3 N–H and O–H groups in total. The normalized spacial score (nSPS) is 9.65. The Labute approximate surface area is 104 Å². The molecule has 0 unspecified atom stereocenters. The van der Waals surface area contributed by atoms with E-state index in [4.69, 9.17) is 22.7 Å². The lowest BCUT2D eigenvalue weighted by molar-refractivity contribution is 0.480. The third-order valence-corrected chi connectivity index (χ3v) is 2.07. The number of hydrogen-bond donors (Lipinski definition) is 2. The summed E-state index contributed by atoms with van der Waals surface area (Å²) in [5, 5.41) is 3.07. The summed E-state index contributed by atoms with van der Waals surface area (Å²) < 4.78 is 5.61. The zero-order valence-corrected chi connectivity index (χ0v) is 9.78. The van der Waals surface area contributed by atoms with E-state index in [1.807, 2.05) is 36.4 Å². The van der Waals surface area contributed by atoms with Crippen molar-refractivity contribution >= 4 is 23.0 Å². The lowest BCUT2D eigenvalue weighted by Gasteiger charge is -2.08. The number of ether oxygens (including phenoxy) is 1. The van der Waals surface area contributed by atoms with Crippen molar-refractivity contribution in [1.82, 2.24) is 4.98 Å². The van der Waals surface area contributed by atoms with Gasteiger partial charge in [0.25, 0.3) is 0 Å². The van der Waals surface area contributed by atoms with Gasteiger partial charge in [-0.1, -0.05) is 6.07 Å². The number of nitrogens with zero attached hydrogens (tertiary/aromatic N) is 1. The van der Waals surface area contributed by atoms with E-state index in [9.17, 15) is 0 Å². The molecule has 0 atom stereocenters. The van der Waals surface area contributed by atoms with E-state index < -0.39 is 0 Å². The Morgan fingerprint density at radius 2 is 2.06 bits per heavy atom. The first-order valence-corrected chi connectivity index (χ1v) is 5.39. The molecule has 0 aliphatic rings. The highest BCUT2D eigenvalue weighted by molar-refractivity contribution is 7.80. The van der Waals surface area contributed by atoms with Crippen molar-refractivity contribution in [2.75, 3.05) is 5.32 Å². The molecular formula is C12H11N3OS. The van der Waals surface area contributed by atoms with Gasteiger partial charge in [-0.3, -0.25) is 4.98 Å². The van der Waals surface area contributed by atoms with Crippen molar-refractivity contribution < 1.29 is 4.74 Å². The number of aromatic nitrogens is 1. The maximum atomic E-state index is 5.61. The van der Waals surface area contributed by atoms with Crippen LogP contribution in [0.2, 0.25) is 0 Å². The van der Waals surface area contributed by atoms with Crippen LogP contribution in [0.15, 0.2) is 48.8 Å². The second kappa shape index (κ2) is 5.27. The molecule has 5 heteroatoms. The smallest absolute Gasteiger partial charge is 0.168 e. The quantitative estimate of drug-likeness (QED) is 0.814. The van der Waals surface area contributed by atoms with Gasteiger partial charge in [0, 0.05) is 18.0 Å². The van der Waals surface area contributed by atoms with Gasteiger partial charge in [-0.05, 0) is 36.5 Å². The van der Waals surface area contributed by atoms with E-state index >= 15 is 0 Å². The standard InChI is InChI=1S/C12H11N3OS/c13-12(17)15-9-3-1-4-10(7-9)16-11-5-2-6-14-8-11/h1-8H,(H3,13,15,17). The number of hydrogen-bond acceptors (Lipinski definition) is 3. The molecule has 0 aliphatic carbocycles.